The average molecular weight is 351 g/mol. The molecule has 3 heterocycles. The molecule has 0 spiro atoms. The number of aromatic amines is 1. The van der Waals surface area contributed by atoms with Gasteiger partial charge in [0.25, 0.3) is 0 Å². The third-order valence-corrected chi connectivity index (χ3v) is 4.88. The van der Waals surface area contributed by atoms with E-state index in [-0.39, 0.29) is 0 Å². The second-order valence-corrected chi connectivity index (χ2v) is 6.46. The van der Waals surface area contributed by atoms with Gasteiger partial charge in [0.15, 0.2) is 0 Å². The zero-order valence-electron chi connectivity index (χ0n) is 14.4. The Balaban J connectivity index is 1.59. The molecule has 1 saturated heterocycles. The van der Waals surface area contributed by atoms with E-state index in [1.807, 2.05) is 35.4 Å². The van der Waals surface area contributed by atoms with E-state index in [1.54, 1.807) is 18.5 Å². The van der Waals surface area contributed by atoms with Gasteiger partial charge in [-0.2, -0.15) is 0 Å². The minimum atomic E-state index is -0.820. The predicted molar refractivity (Wildman–Crippen MR) is 99.1 cm³/mol. The highest BCUT2D eigenvalue weighted by molar-refractivity contribution is 5.89. The third kappa shape index (κ3) is 3.13. The van der Waals surface area contributed by atoms with Crippen molar-refractivity contribution in [2.45, 2.75) is 12.5 Å². The number of carbonyl (C=O) groups is 1. The molecule has 0 amide bonds. The molecule has 3 aromatic rings. The van der Waals surface area contributed by atoms with Gasteiger partial charge in [-0.05, 0) is 18.6 Å². The van der Waals surface area contributed by atoms with Crippen LogP contribution in [0.3, 0.4) is 0 Å². The van der Waals surface area contributed by atoms with Gasteiger partial charge in [-0.1, -0.05) is 18.2 Å². The summed E-state index contributed by atoms with van der Waals surface area (Å²) in [5.41, 5.74) is 1.78. The number of para-hydroxylation sites is 1. The number of H-pyrrole nitrogens is 1. The lowest BCUT2D eigenvalue weighted by atomic mass is 10.0. The van der Waals surface area contributed by atoms with Crippen molar-refractivity contribution in [3.63, 3.8) is 0 Å². The molecule has 0 unspecified atom stereocenters. The van der Waals surface area contributed by atoms with Crippen LogP contribution in [-0.2, 0) is 4.79 Å². The molecular weight excluding hydrogens is 330 g/mol. The first kappa shape index (κ1) is 16.5. The number of hydrogen-bond donors (Lipinski definition) is 2. The van der Waals surface area contributed by atoms with E-state index in [0.29, 0.717) is 19.0 Å². The van der Waals surface area contributed by atoms with Crippen LogP contribution in [0.2, 0.25) is 0 Å². The maximum atomic E-state index is 12.1. The van der Waals surface area contributed by atoms with Gasteiger partial charge < -0.3 is 15.0 Å². The molecule has 1 fully saturated rings. The van der Waals surface area contributed by atoms with Gasteiger partial charge in [0, 0.05) is 61.2 Å². The molecule has 1 aromatic carbocycles. The Morgan fingerprint density at radius 3 is 2.69 bits per heavy atom. The number of rotatable bonds is 4. The van der Waals surface area contributed by atoms with Gasteiger partial charge in [0.2, 0.25) is 5.95 Å². The van der Waals surface area contributed by atoms with Crippen LogP contribution in [0.25, 0.3) is 10.9 Å². The van der Waals surface area contributed by atoms with E-state index in [4.69, 9.17) is 0 Å². The maximum Gasteiger partial charge on any atom is 0.325 e. The second-order valence-electron chi connectivity index (χ2n) is 6.46. The third-order valence-electron chi connectivity index (χ3n) is 4.88. The summed E-state index contributed by atoms with van der Waals surface area (Å²) in [6.07, 6.45) is 6.16. The number of aromatic nitrogens is 3. The number of carboxylic acids is 1. The van der Waals surface area contributed by atoms with Gasteiger partial charge in [-0.15, -0.1) is 0 Å². The summed E-state index contributed by atoms with van der Waals surface area (Å²) in [4.78, 5) is 28.1. The first-order valence-corrected chi connectivity index (χ1v) is 8.79. The molecule has 2 N–H and O–H groups in total. The lowest BCUT2D eigenvalue weighted by Gasteiger charge is -2.27. The van der Waals surface area contributed by atoms with E-state index in [9.17, 15) is 9.90 Å². The number of anilines is 1. The van der Waals surface area contributed by atoms with Crippen LogP contribution in [0.4, 0.5) is 5.95 Å². The molecule has 1 aliphatic rings. The van der Waals surface area contributed by atoms with Crippen LogP contribution >= 0.6 is 0 Å². The van der Waals surface area contributed by atoms with Crippen molar-refractivity contribution < 1.29 is 9.90 Å². The SMILES string of the molecule is O=C(O)[C@H](c1c[nH]c2ccccc12)N1CCCN(c2ncccn2)CC1. The summed E-state index contributed by atoms with van der Waals surface area (Å²) in [6.45, 7) is 2.89. The fourth-order valence-electron chi connectivity index (χ4n) is 3.66. The van der Waals surface area contributed by atoms with Gasteiger partial charge in [-0.3, -0.25) is 9.69 Å². The Bertz CT molecular complexity index is 895. The van der Waals surface area contributed by atoms with E-state index in [2.05, 4.69) is 19.9 Å². The minimum Gasteiger partial charge on any atom is -0.480 e. The molecule has 7 nitrogen and oxygen atoms in total. The molecule has 0 aliphatic carbocycles. The predicted octanol–water partition coefficient (Wildman–Crippen LogP) is 2.30. The zero-order chi connectivity index (χ0) is 17.9. The summed E-state index contributed by atoms with van der Waals surface area (Å²) >= 11 is 0. The first-order chi connectivity index (χ1) is 12.7. The largest absolute Gasteiger partial charge is 0.480 e. The topological polar surface area (TPSA) is 85.4 Å². The highest BCUT2D eigenvalue weighted by atomic mass is 16.4. The number of nitrogens with one attached hydrogen (secondary N) is 1. The van der Waals surface area contributed by atoms with Crippen LogP contribution < -0.4 is 4.90 Å². The highest BCUT2D eigenvalue weighted by Gasteiger charge is 2.31. The second kappa shape index (κ2) is 7.13. The number of hydrogen-bond acceptors (Lipinski definition) is 5. The van der Waals surface area contributed by atoms with E-state index in [1.165, 1.54) is 0 Å². The Hall–Kier alpha value is -2.93. The number of benzene rings is 1. The molecule has 2 aromatic heterocycles. The van der Waals surface area contributed by atoms with Crippen LogP contribution in [0, 0.1) is 0 Å². The summed E-state index contributed by atoms with van der Waals surface area (Å²) < 4.78 is 0. The van der Waals surface area contributed by atoms with E-state index in [0.717, 1.165) is 36.0 Å². The molecule has 134 valence electrons. The zero-order valence-corrected chi connectivity index (χ0v) is 14.4. The molecule has 0 bridgehead atoms. The fraction of sp³-hybridized carbons (Fsp3) is 0.316. The van der Waals surface area contributed by atoms with Crippen LogP contribution in [0.15, 0.2) is 48.9 Å². The van der Waals surface area contributed by atoms with Crippen molar-refractivity contribution in [3.05, 3.63) is 54.5 Å². The Morgan fingerprint density at radius 1 is 1.08 bits per heavy atom. The normalized spacial score (nSPS) is 17.2. The molecular formula is C19H21N5O2. The standard InChI is InChI=1S/C19H21N5O2/c25-18(26)17(15-13-22-16-6-2-1-5-14(15)16)23-9-4-10-24(12-11-23)19-20-7-3-8-21-19/h1-3,5-8,13,17,22H,4,9-12H2,(H,25,26)/t17-/m0/s1. The van der Waals surface area contributed by atoms with Crippen molar-refractivity contribution in [2.24, 2.45) is 0 Å². The van der Waals surface area contributed by atoms with Gasteiger partial charge in [0.05, 0.1) is 0 Å². The van der Waals surface area contributed by atoms with Gasteiger partial charge in [0.1, 0.15) is 6.04 Å². The minimum absolute atomic E-state index is 0.648. The Morgan fingerprint density at radius 2 is 1.88 bits per heavy atom. The summed E-state index contributed by atoms with van der Waals surface area (Å²) in [7, 11) is 0. The summed E-state index contributed by atoms with van der Waals surface area (Å²) in [5.74, 6) is -0.118. The molecule has 1 atom stereocenters. The lowest BCUT2D eigenvalue weighted by molar-refractivity contribution is -0.143. The number of fused-ring (bicyclic) bond motifs is 1. The lowest BCUT2D eigenvalue weighted by Crippen LogP contribution is -2.37. The quantitative estimate of drug-likeness (QED) is 0.750. The average Bonchev–Trinajstić information content (AvgIpc) is 2.93. The molecule has 0 radical (unpaired) electrons. The van der Waals surface area contributed by atoms with Crippen LogP contribution in [-0.4, -0.2) is 57.1 Å². The van der Waals surface area contributed by atoms with Crippen molar-refractivity contribution >= 4 is 22.8 Å². The maximum absolute atomic E-state index is 12.1. The monoisotopic (exact) mass is 351 g/mol. The number of nitrogens with zero attached hydrogens (tertiary/aromatic N) is 4. The van der Waals surface area contributed by atoms with Gasteiger partial charge in [-0.25, -0.2) is 9.97 Å². The first-order valence-electron chi connectivity index (χ1n) is 8.79. The van der Waals surface area contributed by atoms with E-state index >= 15 is 0 Å². The van der Waals surface area contributed by atoms with Crippen molar-refractivity contribution in [1.29, 1.82) is 0 Å². The smallest absolute Gasteiger partial charge is 0.325 e. The summed E-state index contributed by atoms with van der Waals surface area (Å²) in [5, 5.41) is 10.9. The molecule has 1 aliphatic heterocycles. The molecule has 4 rings (SSSR count). The van der Waals surface area contributed by atoms with E-state index < -0.39 is 12.0 Å². The fourth-order valence-corrected chi connectivity index (χ4v) is 3.66. The molecule has 7 heteroatoms. The van der Waals surface area contributed by atoms with Crippen LogP contribution in [0.1, 0.15) is 18.0 Å². The van der Waals surface area contributed by atoms with Crippen molar-refractivity contribution in [1.82, 2.24) is 19.9 Å². The number of aliphatic carboxylic acids is 1. The summed E-state index contributed by atoms with van der Waals surface area (Å²) in [6, 6.07) is 8.96. The highest BCUT2D eigenvalue weighted by Crippen LogP contribution is 2.29. The van der Waals surface area contributed by atoms with Crippen molar-refractivity contribution in [3.8, 4) is 0 Å². The Labute approximate surface area is 151 Å². The van der Waals surface area contributed by atoms with Crippen molar-refractivity contribution in [2.75, 3.05) is 31.1 Å². The molecule has 26 heavy (non-hydrogen) atoms. The van der Waals surface area contributed by atoms with Gasteiger partial charge >= 0.3 is 5.97 Å². The van der Waals surface area contributed by atoms with Crippen LogP contribution in [0.5, 0.6) is 0 Å². The molecule has 0 saturated carbocycles. The number of carboxylic acid groups (broad SMARTS) is 1. The Kier molecular flexibility index (Phi) is 4.53.